The lowest BCUT2D eigenvalue weighted by molar-refractivity contribution is 1.15. The summed E-state index contributed by atoms with van der Waals surface area (Å²) >= 11 is 13.1. The van der Waals surface area contributed by atoms with E-state index in [9.17, 15) is 4.79 Å². The molecular weight excluding hydrogens is 421 g/mol. The van der Waals surface area contributed by atoms with E-state index in [0.717, 1.165) is 31.2 Å². The van der Waals surface area contributed by atoms with Crippen LogP contribution in [0.4, 0.5) is 5.69 Å². The van der Waals surface area contributed by atoms with Crippen LogP contribution in [-0.2, 0) is 6.54 Å². The van der Waals surface area contributed by atoms with Gasteiger partial charge in [0.15, 0.2) is 0 Å². The summed E-state index contributed by atoms with van der Waals surface area (Å²) in [6.07, 6.45) is 0. The van der Waals surface area contributed by atoms with Crippen molar-refractivity contribution in [2.45, 2.75) is 6.54 Å². The van der Waals surface area contributed by atoms with Gasteiger partial charge in [-0.15, -0.1) is 0 Å². The molecular formula is C14H10Br2ClN3O. The summed E-state index contributed by atoms with van der Waals surface area (Å²) in [5.41, 5.74) is 3.18. The summed E-state index contributed by atoms with van der Waals surface area (Å²) in [4.78, 5) is 16.8. The normalized spacial score (nSPS) is 11.0. The summed E-state index contributed by atoms with van der Waals surface area (Å²) in [6.45, 7) is 0.588. The molecule has 21 heavy (non-hydrogen) atoms. The summed E-state index contributed by atoms with van der Waals surface area (Å²) in [6, 6.07) is 9.51. The van der Waals surface area contributed by atoms with E-state index in [0.29, 0.717) is 11.6 Å². The minimum atomic E-state index is -0.218. The number of aromatic amines is 2. The minimum absolute atomic E-state index is 0.218. The van der Waals surface area contributed by atoms with Crippen LogP contribution in [0.1, 0.15) is 5.56 Å². The molecule has 0 fully saturated rings. The van der Waals surface area contributed by atoms with E-state index < -0.39 is 0 Å². The van der Waals surface area contributed by atoms with E-state index in [1.165, 1.54) is 0 Å². The second kappa shape index (κ2) is 5.87. The van der Waals surface area contributed by atoms with Crippen molar-refractivity contribution in [1.29, 1.82) is 0 Å². The molecule has 0 aliphatic rings. The molecule has 4 nitrogen and oxygen atoms in total. The van der Waals surface area contributed by atoms with E-state index in [-0.39, 0.29) is 5.69 Å². The highest BCUT2D eigenvalue weighted by Crippen LogP contribution is 2.28. The lowest BCUT2D eigenvalue weighted by atomic mass is 10.2. The monoisotopic (exact) mass is 429 g/mol. The maximum Gasteiger partial charge on any atom is 0.323 e. The van der Waals surface area contributed by atoms with Gasteiger partial charge in [-0.25, -0.2) is 4.79 Å². The maximum absolute atomic E-state index is 11.3. The van der Waals surface area contributed by atoms with Crippen molar-refractivity contribution in [1.82, 2.24) is 9.97 Å². The third-order valence-electron chi connectivity index (χ3n) is 3.09. The number of imidazole rings is 1. The number of anilines is 1. The van der Waals surface area contributed by atoms with Crippen molar-refractivity contribution in [3.63, 3.8) is 0 Å². The average molecular weight is 432 g/mol. The third-order valence-corrected chi connectivity index (χ3v) is 4.59. The van der Waals surface area contributed by atoms with Crippen LogP contribution < -0.4 is 11.0 Å². The van der Waals surface area contributed by atoms with Gasteiger partial charge in [0.05, 0.1) is 16.7 Å². The van der Waals surface area contributed by atoms with Crippen molar-refractivity contribution in [3.8, 4) is 0 Å². The van der Waals surface area contributed by atoms with Crippen LogP contribution in [0.2, 0.25) is 5.02 Å². The Morgan fingerprint density at radius 1 is 1.10 bits per heavy atom. The van der Waals surface area contributed by atoms with Gasteiger partial charge < -0.3 is 15.3 Å². The van der Waals surface area contributed by atoms with Crippen molar-refractivity contribution in [3.05, 3.63) is 60.3 Å². The largest absolute Gasteiger partial charge is 0.380 e. The van der Waals surface area contributed by atoms with Crippen LogP contribution in [0.3, 0.4) is 0 Å². The van der Waals surface area contributed by atoms with Crippen LogP contribution in [0, 0.1) is 0 Å². The highest BCUT2D eigenvalue weighted by atomic mass is 79.9. The van der Waals surface area contributed by atoms with Gasteiger partial charge >= 0.3 is 5.69 Å². The zero-order valence-corrected chi connectivity index (χ0v) is 14.6. The van der Waals surface area contributed by atoms with Crippen molar-refractivity contribution >= 4 is 60.2 Å². The molecule has 0 saturated carbocycles. The smallest absolute Gasteiger partial charge is 0.323 e. The Balaban J connectivity index is 1.87. The molecule has 108 valence electrons. The van der Waals surface area contributed by atoms with E-state index in [4.69, 9.17) is 11.6 Å². The summed E-state index contributed by atoms with van der Waals surface area (Å²) in [5, 5.41) is 4.01. The number of hydrogen-bond donors (Lipinski definition) is 3. The number of benzene rings is 2. The zero-order valence-electron chi connectivity index (χ0n) is 10.6. The predicted molar refractivity (Wildman–Crippen MR) is 93.1 cm³/mol. The van der Waals surface area contributed by atoms with Gasteiger partial charge in [-0.05, 0) is 45.8 Å². The Morgan fingerprint density at radius 3 is 2.52 bits per heavy atom. The fourth-order valence-electron chi connectivity index (χ4n) is 2.05. The fourth-order valence-corrected chi connectivity index (χ4v) is 3.27. The van der Waals surface area contributed by atoms with Crippen molar-refractivity contribution in [2.24, 2.45) is 0 Å². The van der Waals surface area contributed by atoms with Crippen LogP contribution in [0.5, 0.6) is 0 Å². The first kappa shape index (κ1) is 14.7. The van der Waals surface area contributed by atoms with Gasteiger partial charge in [-0.3, -0.25) is 0 Å². The number of fused-ring (bicyclic) bond motifs is 1. The van der Waals surface area contributed by atoms with Gasteiger partial charge in [0, 0.05) is 20.5 Å². The molecule has 0 saturated heterocycles. The Morgan fingerprint density at radius 2 is 1.81 bits per heavy atom. The summed E-state index contributed by atoms with van der Waals surface area (Å²) < 4.78 is 1.82. The van der Waals surface area contributed by atoms with E-state index in [2.05, 4.69) is 47.1 Å². The van der Waals surface area contributed by atoms with E-state index in [1.54, 1.807) is 0 Å². The van der Waals surface area contributed by atoms with Crippen LogP contribution in [0.25, 0.3) is 11.0 Å². The quantitative estimate of drug-likeness (QED) is 0.566. The first-order valence-electron chi connectivity index (χ1n) is 6.12. The molecule has 1 heterocycles. The SMILES string of the molecule is O=c1[nH]c2cc(Br)c(NCc3ccc(Br)cc3Cl)cc2[nH]1. The van der Waals surface area contributed by atoms with Gasteiger partial charge in [-0.2, -0.15) is 0 Å². The molecule has 0 aliphatic carbocycles. The fraction of sp³-hybridized carbons (Fsp3) is 0.0714. The third kappa shape index (κ3) is 3.17. The van der Waals surface area contributed by atoms with Gasteiger partial charge in [-0.1, -0.05) is 33.6 Å². The topological polar surface area (TPSA) is 60.7 Å². The molecule has 0 spiro atoms. The van der Waals surface area contributed by atoms with Crippen LogP contribution in [-0.4, -0.2) is 9.97 Å². The second-order valence-electron chi connectivity index (χ2n) is 4.55. The number of rotatable bonds is 3. The molecule has 0 amide bonds. The molecule has 0 bridgehead atoms. The Bertz CT molecular complexity index is 872. The molecule has 1 aromatic heterocycles. The number of H-pyrrole nitrogens is 2. The van der Waals surface area contributed by atoms with E-state index >= 15 is 0 Å². The molecule has 3 N–H and O–H groups in total. The second-order valence-corrected chi connectivity index (χ2v) is 6.72. The van der Waals surface area contributed by atoms with Crippen molar-refractivity contribution in [2.75, 3.05) is 5.32 Å². The Labute approximate surface area is 142 Å². The lowest BCUT2D eigenvalue weighted by Gasteiger charge is -2.10. The predicted octanol–water partition coefficient (Wildman–Crippen LogP) is 4.65. The molecule has 2 aromatic carbocycles. The van der Waals surface area contributed by atoms with Gasteiger partial charge in [0.25, 0.3) is 0 Å². The molecule has 3 rings (SSSR count). The first-order chi connectivity index (χ1) is 10.0. The van der Waals surface area contributed by atoms with E-state index in [1.807, 2.05) is 30.3 Å². The zero-order chi connectivity index (χ0) is 15.0. The number of nitrogens with one attached hydrogen (secondary N) is 3. The molecule has 0 unspecified atom stereocenters. The highest BCUT2D eigenvalue weighted by Gasteiger charge is 2.07. The van der Waals surface area contributed by atoms with Crippen LogP contribution in [0.15, 0.2) is 44.1 Å². The highest BCUT2D eigenvalue weighted by molar-refractivity contribution is 9.10. The first-order valence-corrected chi connectivity index (χ1v) is 8.08. The van der Waals surface area contributed by atoms with Crippen molar-refractivity contribution < 1.29 is 0 Å². The average Bonchev–Trinajstić information content (AvgIpc) is 2.76. The maximum atomic E-state index is 11.3. The van der Waals surface area contributed by atoms with Gasteiger partial charge in [0.2, 0.25) is 0 Å². The lowest BCUT2D eigenvalue weighted by Crippen LogP contribution is -2.01. The minimum Gasteiger partial charge on any atom is -0.380 e. The Hall–Kier alpha value is -1.24. The number of hydrogen-bond acceptors (Lipinski definition) is 2. The molecule has 0 atom stereocenters. The number of aromatic nitrogens is 2. The molecule has 3 aromatic rings. The van der Waals surface area contributed by atoms with Crippen LogP contribution >= 0.6 is 43.5 Å². The Kier molecular flexibility index (Phi) is 4.10. The molecule has 0 radical (unpaired) electrons. The summed E-state index contributed by atoms with van der Waals surface area (Å²) in [7, 11) is 0. The standard InChI is InChI=1S/C14H10Br2ClN3O/c15-8-2-1-7(10(17)3-8)6-18-11-5-13-12(4-9(11)16)19-14(21)20-13/h1-5,18H,6H2,(H2,19,20,21). The van der Waals surface area contributed by atoms with Gasteiger partial charge in [0.1, 0.15) is 0 Å². The summed E-state index contributed by atoms with van der Waals surface area (Å²) in [5.74, 6) is 0. The number of halogens is 3. The molecule has 7 heteroatoms. The molecule has 0 aliphatic heterocycles.